The predicted molar refractivity (Wildman–Crippen MR) is 119 cm³/mol. The zero-order chi connectivity index (χ0) is 20.5. The van der Waals surface area contributed by atoms with Crippen molar-refractivity contribution in [3.8, 4) is 0 Å². The Morgan fingerprint density at radius 2 is 1.66 bits per heavy atom. The summed E-state index contributed by atoms with van der Waals surface area (Å²) in [5.74, 6) is 0.969. The summed E-state index contributed by atoms with van der Waals surface area (Å²) in [5, 5.41) is 0.877. The molecule has 2 aromatic carbocycles. The van der Waals surface area contributed by atoms with Crippen LogP contribution < -0.4 is 5.73 Å². The quantitative estimate of drug-likeness (QED) is 0.762. The number of benzene rings is 2. The number of amides is 1. The van der Waals surface area contributed by atoms with Crippen molar-refractivity contribution in [2.24, 2.45) is 17.6 Å². The molecule has 29 heavy (non-hydrogen) atoms. The molecule has 0 aromatic heterocycles. The van der Waals surface area contributed by atoms with Crippen LogP contribution in [-0.4, -0.2) is 48.4 Å². The van der Waals surface area contributed by atoms with Crippen LogP contribution in [-0.2, 0) is 0 Å². The Morgan fingerprint density at radius 1 is 1.07 bits per heavy atom. The number of rotatable bonds is 5. The van der Waals surface area contributed by atoms with Crippen molar-refractivity contribution in [2.75, 3.05) is 32.7 Å². The average Bonchev–Trinajstić information content (AvgIpc) is 3.24. The number of hydrogen-bond acceptors (Lipinski definition) is 3. The molecule has 2 unspecified atom stereocenters. The fraction of sp³-hybridized carbons (Fsp3) is 0.435. The molecule has 4 nitrogen and oxygen atoms in total. The first-order valence-electron chi connectivity index (χ1n) is 10.2. The normalized spacial score (nSPS) is 22.7. The molecular weight excluding hydrogens is 405 g/mol. The molecule has 2 N–H and O–H groups in total. The van der Waals surface area contributed by atoms with Gasteiger partial charge in [-0.1, -0.05) is 53.5 Å². The molecule has 2 heterocycles. The number of carbonyl (C=O) groups is 1. The number of fused-ring (bicyclic) bond motifs is 1. The van der Waals surface area contributed by atoms with E-state index in [0.29, 0.717) is 27.4 Å². The first-order chi connectivity index (χ1) is 13.9. The Labute approximate surface area is 182 Å². The first-order valence-corrected chi connectivity index (χ1v) is 11.0. The van der Waals surface area contributed by atoms with Gasteiger partial charge >= 0.3 is 0 Å². The van der Waals surface area contributed by atoms with Crippen molar-refractivity contribution in [1.82, 2.24) is 9.80 Å². The van der Waals surface area contributed by atoms with E-state index in [1.807, 2.05) is 30.0 Å². The van der Waals surface area contributed by atoms with Gasteiger partial charge in [-0.3, -0.25) is 4.79 Å². The first kappa shape index (κ1) is 20.7. The van der Waals surface area contributed by atoms with Gasteiger partial charge in [-0.2, -0.15) is 0 Å². The maximum Gasteiger partial charge on any atom is 0.256 e. The van der Waals surface area contributed by atoms with E-state index in [-0.39, 0.29) is 11.9 Å². The summed E-state index contributed by atoms with van der Waals surface area (Å²) in [6.07, 6.45) is 0.945. The zero-order valence-electron chi connectivity index (χ0n) is 16.7. The lowest BCUT2D eigenvalue weighted by atomic mass is 10.0. The van der Waals surface area contributed by atoms with Gasteiger partial charge in [-0.25, -0.2) is 0 Å². The van der Waals surface area contributed by atoms with E-state index in [1.54, 1.807) is 12.1 Å². The Morgan fingerprint density at radius 3 is 2.24 bits per heavy atom. The molecule has 0 saturated carbocycles. The summed E-state index contributed by atoms with van der Waals surface area (Å²) >= 11 is 12.6. The van der Waals surface area contributed by atoms with Gasteiger partial charge in [0, 0.05) is 32.2 Å². The van der Waals surface area contributed by atoms with Crippen LogP contribution in [0.15, 0.2) is 42.5 Å². The highest BCUT2D eigenvalue weighted by atomic mass is 35.5. The summed E-state index contributed by atoms with van der Waals surface area (Å²) in [7, 11) is 0. The largest absolute Gasteiger partial charge is 0.338 e. The minimum atomic E-state index is -0.0490. The van der Waals surface area contributed by atoms with E-state index in [2.05, 4.69) is 17.0 Å². The number of carbonyl (C=O) groups excluding carboxylic acids is 1. The molecule has 0 aliphatic carbocycles. The van der Waals surface area contributed by atoms with Crippen LogP contribution in [0.2, 0.25) is 10.0 Å². The predicted octanol–water partition coefficient (Wildman–Crippen LogP) is 4.40. The molecule has 2 aromatic rings. The van der Waals surface area contributed by atoms with E-state index in [9.17, 15) is 4.79 Å². The smallest absolute Gasteiger partial charge is 0.256 e. The highest BCUT2D eigenvalue weighted by Crippen LogP contribution is 2.35. The van der Waals surface area contributed by atoms with Crippen molar-refractivity contribution < 1.29 is 4.79 Å². The maximum atomic E-state index is 13.0. The van der Waals surface area contributed by atoms with Crippen molar-refractivity contribution in [2.45, 2.75) is 19.4 Å². The van der Waals surface area contributed by atoms with E-state index in [1.165, 1.54) is 5.56 Å². The van der Waals surface area contributed by atoms with Gasteiger partial charge < -0.3 is 15.5 Å². The lowest BCUT2D eigenvalue weighted by Crippen LogP contribution is -2.34. The number of likely N-dealkylation sites (tertiary alicyclic amines) is 2. The molecule has 3 atom stereocenters. The third-order valence-electron chi connectivity index (χ3n) is 6.23. The van der Waals surface area contributed by atoms with Crippen LogP contribution in [0.3, 0.4) is 0 Å². The highest BCUT2D eigenvalue weighted by Gasteiger charge is 2.42. The lowest BCUT2D eigenvalue weighted by Gasteiger charge is -2.23. The molecule has 2 aliphatic heterocycles. The fourth-order valence-electron chi connectivity index (χ4n) is 4.69. The van der Waals surface area contributed by atoms with Crippen molar-refractivity contribution in [3.05, 3.63) is 69.2 Å². The van der Waals surface area contributed by atoms with Crippen LogP contribution in [0, 0.1) is 18.8 Å². The number of nitrogens with zero attached hydrogens (tertiary/aromatic N) is 2. The lowest BCUT2D eigenvalue weighted by molar-refractivity contribution is 0.0774. The fourth-order valence-corrected chi connectivity index (χ4v) is 5.45. The van der Waals surface area contributed by atoms with Crippen LogP contribution in [0.4, 0.5) is 0 Å². The summed E-state index contributed by atoms with van der Waals surface area (Å²) in [6, 6.07) is 13.9. The molecule has 0 bridgehead atoms. The molecular formula is C23H27Cl2N3O. The molecule has 2 saturated heterocycles. The molecule has 1 amide bonds. The monoisotopic (exact) mass is 431 g/mol. The van der Waals surface area contributed by atoms with E-state index in [4.69, 9.17) is 28.9 Å². The second kappa shape index (κ2) is 8.65. The zero-order valence-corrected chi connectivity index (χ0v) is 18.2. The van der Waals surface area contributed by atoms with Gasteiger partial charge in [0.05, 0.1) is 15.6 Å². The Bertz CT molecular complexity index is 852. The molecule has 0 spiro atoms. The van der Waals surface area contributed by atoms with E-state index < -0.39 is 0 Å². The Hall–Kier alpha value is -1.59. The average molecular weight is 432 g/mol. The summed E-state index contributed by atoms with van der Waals surface area (Å²) in [6.45, 7) is 6.49. The van der Waals surface area contributed by atoms with Crippen molar-refractivity contribution >= 4 is 29.1 Å². The molecule has 6 heteroatoms. The molecule has 4 rings (SSSR count). The molecule has 154 valence electrons. The van der Waals surface area contributed by atoms with Crippen LogP contribution in [0.5, 0.6) is 0 Å². The van der Waals surface area contributed by atoms with Gasteiger partial charge in [0.1, 0.15) is 0 Å². The number of halogens is 2. The Kier molecular flexibility index (Phi) is 6.16. The van der Waals surface area contributed by atoms with Crippen LogP contribution >= 0.6 is 23.2 Å². The second-order valence-electron chi connectivity index (χ2n) is 8.40. The van der Waals surface area contributed by atoms with Gasteiger partial charge in [-0.05, 0) is 55.0 Å². The topological polar surface area (TPSA) is 49.6 Å². The Balaban J connectivity index is 1.32. The summed E-state index contributed by atoms with van der Waals surface area (Å²) in [5.41, 5.74) is 8.93. The maximum absolute atomic E-state index is 13.0. The number of aryl methyl sites for hydroxylation is 1. The highest BCUT2D eigenvalue weighted by molar-refractivity contribution is 6.39. The third-order valence-corrected chi connectivity index (χ3v) is 6.83. The number of nitrogens with two attached hydrogens (primary N) is 1. The van der Waals surface area contributed by atoms with Gasteiger partial charge in [0.2, 0.25) is 0 Å². The minimum absolute atomic E-state index is 0.0490. The van der Waals surface area contributed by atoms with Gasteiger partial charge in [0.15, 0.2) is 0 Å². The summed E-state index contributed by atoms with van der Waals surface area (Å²) < 4.78 is 0. The van der Waals surface area contributed by atoms with Gasteiger partial charge in [0.25, 0.3) is 5.91 Å². The SMILES string of the molecule is Cc1cc(Cl)c(C(=O)N2CC3CN(CC[C@H](N)c4ccccc4)CC3C2)c(Cl)c1. The van der Waals surface area contributed by atoms with E-state index >= 15 is 0 Å². The summed E-state index contributed by atoms with van der Waals surface area (Å²) in [4.78, 5) is 17.4. The van der Waals surface area contributed by atoms with Gasteiger partial charge in [-0.15, -0.1) is 0 Å². The second-order valence-corrected chi connectivity index (χ2v) is 9.21. The number of hydrogen-bond donors (Lipinski definition) is 1. The van der Waals surface area contributed by atoms with Crippen molar-refractivity contribution in [3.63, 3.8) is 0 Å². The van der Waals surface area contributed by atoms with Crippen molar-refractivity contribution in [1.29, 1.82) is 0 Å². The standard InChI is InChI=1S/C23H27Cl2N3O/c1-15-9-19(24)22(20(25)10-15)23(29)28-13-17-11-27(12-18(17)14-28)8-7-21(26)16-5-3-2-4-6-16/h2-6,9-10,17-18,21H,7-8,11-14,26H2,1H3/t17?,18?,21-/m0/s1. The minimum Gasteiger partial charge on any atom is -0.338 e. The van der Waals surface area contributed by atoms with Crippen LogP contribution in [0.25, 0.3) is 0 Å². The van der Waals surface area contributed by atoms with E-state index in [0.717, 1.165) is 44.7 Å². The molecule has 0 radical (unpaired) electrons. The third kappa shape index (κ3) is 4.46. The molecule has 2 fully saturated rings. The molecule has 2 aliphatic rings. The van der Waals surface area contributed by atoms with Crippen LogP contribution in [0.1, 0.15) is 33.9 Å².